The van der Waals surface area contributed by atoms with Gasteiger partial charge in [0, 0.05) is 12.4 Å². The van der Waals surface area contributed by atoms with Crippen LogP contribution in [0.4, 0.5) is 0 Å². The molecule has 1 aromatic carbocycles. The highest BCUT2D eigenvalue weighted by molar-refractivity contribution is 5.87. The van der Waals surface area contributed by atoms with Crippen LogP contribution in [-0.2, 0) is 0 Å². The van der Waals surface area contributed by atoms with Gasteiger partial charge in [-0.25, -0.2) is 9.97 Å². The predicted octanol–water partition coefficient (Wildman–Crippen LogP) is 2.70. The fraction of sp³-hybridized carbons (Fsp3) is 0.267. The summed E-state index contributed by atoms with van der Waals surface area (Å²) in [6, 6.07) is 6.22. The highest BCUT2D eigenvalue weighted by Crippen LogP contribution is 2.43. The Bertz CT molecular complexity index is 763. The summed E-state index contributed by atoms with van der Waals surface area (Å²) in [6.07, 6.45) is 7.73. The summed E-state index contributed by atoms with van der Waals surface area (Å²) >= 11 is 0. The molecule has 5 heteroatoms. The maximum atomic E-state index is 5.44. The third-order valence-electron chi connectivity index (χ3n) is 3.66. The molecule has 3 aromatic rings. The molecule has 0 unspecified atom stereocenters. The van der Waals surface area contributed by atoms with Crippen LogP contribution in [0.5, 0.6) is 5.88 Å². The Balaban J connectivity index is 2.01. The van der Waals surface area contributed by atoms with Crippen LogP contribution in [0, 0.1) is 0 Å². The average Bonchev–Trinajstić information content (AvgIpc) is 3.19. The van der Waals surface area contributed by atoms with Crippen molar-refractivity contribution in [1.29, 1.82) is 0 Å². The molecule has 5 nitrogen and oxygen atoms in total. The number of benzene rings is 1. The number of rotatable bonds is 3. The molecule has 4 rings (SSSR count). The molecule has 20 heavy (non-hydrogen) atoms. The molecular formula is C15H14N4O. The minimum Gasteiger partial charge on any atom is -0.480 e. The molecule has 0 bridgehead atoms. The number of ether oxygens (including phenoxy) is 1. The second-order valence-electron chi connectivity index (χ2n) is 5.02. The number of imidazole rings is 1. The average molecular weight is 266 g/mol. The maximum absolute atomic E-state index is 5.44. The summed E-state index contributed by atoms with van der Waals surface area (Å²) in [5, 5.41) is 0.973. The number of nitrogens with zero attached hydrogens (tertiary/aromatic N) is 4. The molecule has 2 heterocycles. The van der Waals surface area contributed by atoms with Crippen LogP contribution in [0.15, 0.2) is 36.9 Å². The van der Waals surface area contributed by atoms with Gasteiger partial charge in [0.25, 0.3) is 0 Å². The SMILES string of the molecule is COc1nc(-n2ccnc2)nc2c(C3CC3)cccc12. The number of fused-ring (bicyclic) bond motifs is 1. The zero-order chi connectivity index (χ0) is 13.5. The fourth-order valence-electron chi connectivity index (χ4n) is 2.51. The lowest BCUT2D eigenvalue weighted by Crippen LogP contribution is -2.03. The molecule has 0 spiro atoms. The first-order valence-corrected chi connectivity index (χ1v) is 6.70. The highest BCUT2D eigenvalue weighted by atomic mass is 16.5. The van der Waals surface area contributed by atoms with Gasteiger partial charge in [0.2, 0.25) is 11.8 Å². The van der Waals surface area contributed by atoms with Crippen LogP contribution in [0.25, 0.3) is 16.9 Å². The molecule has 0 saturated heterocycles. The van der Waals surface area contributed by atoms with E-state index in [2.05, 4.69) is 22.1 Å². The second kappa shape index (κ2) is 4.30. The van der Waals surface area contributed by atoms with Crippen molar-refractivity contribution in [1.82, 2.24) is 19.5 Å². The van der Waals surface area contributed by atoms with E-state index in [9.17, 15) is 0 Å². The second-order valence-corrected chi connectivity index (χ2v) is 5.02. The minimum absolute atomic E-state index is 0.597. The van der Waals surface area contributed by atoms with Gasteiger partial charge in [-0.2, -0.15) is 4.98 Å². The summed E-state index contributed by atoms with van der Waals surface area (Å²) in [5.74, 6) is 1.84. The summed E-state index contributed by atoms with van der Waals surface area (Å²) in [5.41, 5.74) is 2.29. The Morgan fingerprint density at radius 3 is 2.85 bits per heavy atom. The van der Waals surface area contributed by atoms with E-state index in [0.29, 0.717) is 17.7 Å². The Hall–Kier alpha value is -2.43. The largest absolute Gasteiger partial charge is 0.480 e. The van der Waals surface area contributed by atoms with E-state index in [4.69, 9.17) is 9.72 Å². The number of aromatic nitrogens is 4. The van der Waals surface area contributed by atoms with E-state index >= 15 is 0 Å². The Morgan fingerprint density at radius 1 is 1.25 bits per heavy atom. The van der Waals surface area contributed by atoms with E-state index in [1.54, 1.807) is 24.2 Å². The minimum atomic E-state index is 0.597. The van der Waals surface area contributed by atoms with Crippen LogP contribution < -0.4 is 4.74 Å². The van der Waals surface area contributed by atoms with Crippen molar-refractivity contribution in [3.05, 3.63) is 42.5 Å². The molecule has 0 N–H and O–H groups in total. The van der Waals surface area contributed by atoms with Gasteiger partial charge in [-0.15, -0.1) is 0 Å². The van der Waals surface area contributed by atoms with Crippen molar-refractivity contribution < 1.29 is 4.74 Å². The first-order chi connectivity index (χ1) is 9.86. The number of hydrogen-bond acceptors (Lipinski definition) is 4. The molecule has 2 aromatic heterocycles. The van der Waals surface area contributed by atoms with Crippen molar-refractivity contribution in [2.24, 2.45) is 0 Å². The van der Waals surface area contributed by atoms with Gasteiger partial charge in [0.15, 0.2) is 0 Å². The summed E-state index contributed by atoms with van der Waals surface area (Å²) in [6.45, 7) is 0. The topological polar surface area (TPSA) is 52.8 Å². The van der Waals surface area contributed by atoms with Gasteiger partial charge in [0.1, 0.15) is 6.33 Å². The van der Waals surface area contributed by atoms with E-state index in [1.165, 1.54) is 18.4 Å². The van der Waals surface area contributed by atoms with E-state index in [0.717, 1.165) is 10.9 Å². The summed E-state index contributed by atoms with van der Waals surface area (Å²) in [7, 11) is 1.64. The maximum Gasteiger partial charge on any atom is 0.238 e. The first kappa shape index (κ1) is 11.4. The van der Waals surface area contributed by atoms with Gasteiger partial charge in [-0.1, -0.05) is 12.1 Å². The molecular weight excluding hydrogens is 252 g/mol. The summed E-state index contributed by atoms with van der Waals surface area (Å²) < 4.78 is 7.23. The Labute approximate surface area is 116 Å². The molecule has 1 aliphatic rings. The Kier molecular flexibility index (Phi) is 2.45. The third-order valence-corrected chi connectivity index (χ3v) is 3.66. The van der Waals surface area contributed by atoms with Crippen molar-refractivity contribution in [2.75, 3.05) is 7.11 Å². The number of methoxy groups -OCH3 is 1. The third kappa shape index (κ3) is 1.74. The van der Waals surface area contributed by atoms with Gasteiger partial charge < -0.3 is 4.74 Å². The molecule has 0 radical (unpaired) electrons. The quantitative estimate of drug-likeness (QED) is 0.731. The zero-order valence-corrected chi connectivity index (χ0v) is 11.2. The van der Waals surface area contributed by atoms with Gasteiger partial charge in [-0.3, -0.25) is 4.57 Å². The van der Waals surface area contributed by atoms with Gasteiger partial charge in [-0.05, 0) is 30.4 Å². The van der Waals surface area contributed by atoms with Crippen molar-refractivity contribution in [3.63, 3.8) is 0 Å². The van der Waals surface area contributed by atoms with E-state index in [1.807, 2.05) is 12.3 Å². The molecule has 0 aliphatic heterocycles. The lowest BCUT2D eigenvalue weighted by atomic mass is 10.1. The van der Waals surface area contributed by atoms with Gasteiger partial charge >= 0.3 is 0 Å². The van der Waals surface area contributed by atoms with Crippen molar-refractivity contribution in [2.45, 2.75) is 18.8 Å². The monoisotopic (exact) mass is 266 g/mol. The van der Waals surface area contributed by atoms with Crippen molar-refractivity contribution in [3.8, 4) is 11.8 Å². The van der Waals surface area contributed by atoms with E-state index in [-0.39, 0.29) is 0 Å². The van der Waals surface area contributed by atoms with Crippen LogP contribution in [-0.4, -0.2) is 26.6 Å². The van der Waals surface area contributed by atoms with Gasteiger partial charge in [0.05, 0.1) is 18.0 Å². The number of para-hydroxylation sites is 1. The predicted molar refractivity (Wildman–Crippen MR) is 75.2 cm³/mol. The first-order valence-electron chi connectivity index (χ1n) is 6.70. The molecule has 1 saturated carbocycles. The fourth-order valence-corrected chi connectivity index (χ4v) is 2.51. The van der Waals surface area contributed by atoms with Crippen LogP contribution >= 0.6 is 0 Å². The highest BCUT2D eigenvalue weighted by Gasteiger charge is 2.26. The lowest BCUT2D eigenvalue weighted by molar-refractivity contribution is 0.402. The molecule has 100 valence electrons. The standard InChI is InChI=1S/C15H14N4O/c1-20-14-12-4-2-3-11(10-5-6-10)13(12)17-15(18-14)19-8-7-16-9-19/h2-4,7-10H,5-6H2,1H3. The summed E-state index contributed by atoms with van der Waals surface area (Å²) in [4.78, 5) is 13.2. The lowest BCUT2D eigenvalue weighted by Gasteiger charge is -2.10. The molecule has 0 amide bonds. The van der Waals surface area contributed by atoms with Crippen LogP contribution in [0.2, 0.25) is 0 Å². The smallest absolute Gasteiger partial charge is 0.238 e. The molecule has 1 fully saturated rings. The normalized spacial score (nSPS) is 14.7. The zero-order valence-electron chi connectivity index (χ0n) is 11.2. The van der Waals surface area contributed by atoms with E-state index < -0.39 is 0 Å². The molecule has 1 aliphatic carbocycles. The molecule has 0 atom stereocenters. The number of hydrogen-bond donors (Lipinski definition) is 0. The van der Waals surface area contributed by atoms with Crippen LogP contribution in [0.1, 0.15) is 24.3 Å². The Morgan fingerprint density at radius 2 is 2.15 bits per heavy atom. The van der Waals surface area contributed by atoms with Crippen molar-refractivity contribution >= 4 is 10.9 Å². The van der Waals surface area contributed by atoms with Crippen LogP contribution in [0.3, 0.4) is 0 Å².